The van der Waals surface area contributed by atoms with Gasteiger partial charge in [0.2, 0.25) is 10.0 Å². The van der Waals surface area contributed by atoms with Gasteiger partial charge < -0.3 is 4.90 Å². The van der Waals surface area contributed by atoms with Crippen molar-refractivity contribution in [2.45, 2.75) is 25.7 Å². The molecule has 1 aromatic rings. The van der Waals surface area contributed by atoms with Gasteiger partial charge in [0, 0.05) is 26.2 Å². The summed E-state index contributed by atoms with van der Waals surface area (Å²) in [5.74, 6) is -0.394. The van der Waals surface area contributed by atoms with Crippen molar-refractivity contribution in [2.75, 3.05) is 32.7 Å². The van der Waals surface area contributed by atoms with E-state index in [4.69, 9.17) is 0 Å². The number of halogens is 1. The van der Waals surface area contributed by atoms with E-state index >= 15 is 0 Å². The second-order valence-corrected chi connectivity index (χ2v) is 7.08. The van der Waals surface area contributed by atoms with Crippen LogP contribution >= 0.6 is 0 Å². The third-order valence-corrected chi connectivity index (χ3v) is 6.01. The summed E-state index contributed by atoms with van der Waals surface area (Å²) in [5.41, 5.74) is 0.945. The van der Waals surface area contributed by atoms with Gasteiger partial charge in [-0.05, 0) is 43.7 Å². The molecule has 0 radical (unpaired) electrons. The zero-order valence-electron chi connectivity index (χ0n) is 12.2. The van der Waals surface area contributed by atoms with Crippen molar-refractivity contribution in [3.63, 3.8) is 0 Å². The highest BCUT2D eigenvalue weighted by molar-refractivity contribution is 7.89. The zero-order chi connectivity index (χ0) is 14.9. The van der Waals surface area contributed by atoms with Crippen LogP contribution in [0.2, 0.25) is 0 Å². The average molecular weight is 300 g/mol. The molecule has 0 aliphatic carbocycles. The summed E-state index contributed by atoms with van der Waals surface area (Å²) in [7, 11) is -3.53. The summed E-state index contributed by atoms with van der Waals surface area (Å²) in [4.78, 5) is 2.47. The lowest BCUT2D eigenvalue weighted by molar-refractivity contribution is 0.196. The maximum Gasteiger partial charge on any atom is 0.243 e. The standard InChI is InChI=1S/C14H21FN2O2S/c1-4-16-5-7-17(8-6-16)20(18,19)14-11(2)9-13(15)10-12(14)3/h9-10H,4-8H2,1-3H3. The molecule has 1 aromatic carbocycles. The lowest BCUT2D eigenvalue weighted by Gasteiger charge is -2.33. The van der Waals surface area contributed by atoms with E-state index in [2.05, 4.69) is 11.8 Å². The third kappa shape index (κ3) is 2.87. The van der Waals surface area contributed by atoms with Crippen molar-refractivity contribution in [3.05, 3.63) is 29.1 Å². The predicted octanol–water partition coefficient (Wildman–Crippen LogP) is 1.77. The fourth-order valence-electron chi connectivity index (χ4n) is 2.72. The molecule has 1 saturated heterocycles. The van der Waals surface area contributed by atoms with E-state index in [9.17, 15) is 12.8 Å². The van der Waals surface area contributed by atoms with E-state index in [-0.39, 0.29) is 4.90 Å². The fourth-order valence-corrected chi connectivity index (χ4v) is 4.55. The van der Waals surface area contributed by atoms with Crippen LogP contribution in [-0.4, -0.2) is 50.3 Å². The largest absolute Gasteiger partial charge is 0.301 e. The first-order valence-electron chi connectivity index (χ1n) is 6.85. The van der Waals surface area contributed by atoms with E-state index in [1.54, 1.807) is 13.8 Å². The highest BCUT2D eigenvalue weighted by Crippen LogP contribution is 2.25. The quantitative estimate of drug-likeness (QED) is 0.854. The van der Waals surface area contributed by atoms with Gasteiger partial charge in [0.25, 0.3) is 0 Å². The molecule has 0 bridgehead atoms. The number of likely N-dealkylation sites (N-methyl/N-ethyl adjacent to an activating group) is 1. The normalized spacial score (nSPS) is 18.4. The lowest BCUT2D eigenvalue weighted by atomic mass is 10.1. The van der Waals surface area contributed by atoms with Crippen molar-refractivity contribution in [1.82, 2.24) is 9.21 Å². The molecule has 0 N–H and O–H groups in total. The SMILES string of the molecule is CCN1CCN(S(=O)(=O)c2c(C)cc(F)cc2C)CC1. The average Bonchev–Trinajstić information content (AvgIpc) is 2.37. The van der Waals surface area contributed by atoms with Crippen LogP contribution in [0, 0.1) is 19.7 Å². The zero-order valence-corrected chi connectivity index (χ0v) is 13.0. The summed E-state index contributed by atoms with van der Waals surface area (Å²) < 4.78 is 40.3. The molecule has 1 fully saturated rings. The van der Waals surface area contributed by atoms with E-state index in [0.717, 1.165) is 19.6 Å². The van der Waals surface area contributed by atoms with Crippen LogP contribution < -0.4 is 0 Å². The van der Waals surface area contributed by atoms with Gasteiger partial charge in [-0.25, -0.2) is 12.8 Å². The van der Waals surface area contributed by atoms with E-state index < -0.39 is 15.8 Å². The number of benzene rings is 1. The Kier molecular flexibility index (Phi) is 4.46. The van der Waals surface area contributed by atoms with Gasteiger partial charge in [-0.1, -0.05) is 6.92 Å². The number of rotatable bonds is 3. The van der Waals surface area contributed by atoms with Crippen molar-refractivity contribution >= 4 is 10.0 Å². The molecular weight excluding hydrogens is 279 g/mol. The van der Waals surface area contributed by atoms with Gasteiger partial charge in [0.15, 0.2) is 0 Å². The minimum absolute atomic E-state index is 0.254. The summed E-state index contributed by atoms with van der Waals surface area (Å²) >= 11 is 0. The molecule has 6 heteroatoms. The van der Waals surface area contributed by atoms with Crippen molar-refractivity contribution in [1.29, 1.82) is 0 Å². The number of nitrogens with zero attached hydrogens (tertiary/aromatic N) is 2. The Bertz CT molecular complexity index is 570. The Morgan fingerprint density at radius 2 is 1.60 bits per heavy atom. The first-order chi connectivity index (χ1) is 9.36. The van der Waals surface area contributed by atoms with Crippen LogP contribution in [0.5, 0.6) is 0 Å². The molecule has 20 heavy (non-hydrogen) atoms. The molecule has 1 aliphatic rings. The van der Waals surface area contributed by atoms with Crippen LogP contribution in [0.3, 0.4) is 0 Å². The van der Waals surface area contributed by atoms with Gasteiger partial charge in [-0.15, -0.1) is 0 Å². The Morgan fingerprint density at radius 3 is 2.05 bits per heavy atom. The third-order valence-electron chi connectivity index (χ3n) is 3.80. The van der Waals surface area contributed by atoms with Gasteiger partial charge >= 0.3 is 0 Å². The van der Waals surface area contributed by atoms with Gasteiger partial charge in [-0.3, -0.25) is 0 Å². The molecule has 0 aromatic heterocycles. The van der Waals surface area contributed by atoms with E-state index in [1.807, 2.05) is 0 Å². The summed E-state index contributed by atoms with van der Waals surface area (Å²) in [5, 5.41) is 0. The molecular formula is C14H21FN2O2S. The van der Waals surface area contributed by atoms with Crippen LogP contribution in [-0.2, 0) is 10.0 Å². The molecule has 1 aliphatic heterocycles. The first kappa shape index (κ1) is 15.4. The van der Waals surface area contributed by atoms with Crippen LogP contribution in [0.1, 0.15) is 18.1 Å². The Labute approximate surface area is 120 Å². The Balaban J connectivity index is 2.32. The van der Waals surface area contributed by atoms with Gasteiger partial charge in [0.05, 0.1) is 4.90 Å². The predicted molar refractivity (Wildman–Crippen MR) is 76.7 cm³/mol. The van der Waals surface area contributed by atoms with Crippen LogP contribution in [0.15, 0.2) is 17.0 Å². The first-order valence-corrected chi connectivity index (χ1v) is 8.29. The number of hydrogen-bond donors (Lipinski definition) is 0. The topological polar surface area (TPSA) is 40.6 Å². The molecule has 0 atom stereocenters. The molecule has 0 spiro atoms. The number of piperazine rings is 1. The fraction of sp³-hybridized carbons (Fsp3) is 0.571. The minimum Gasteiger partial charge on any atom is -0.301 e. The molecule has 1 heterocycles. The Morgan fingerprint density at radius 1 is 1.10 bits per heavy atom. The molecule has 0 amide bonds. The smallest absolute Gasteiger partial charge is 0.243 e. The van der Waals surface area contributed by atoms with Gasteiger partial charge in [-0.2, -0.15) is 4.31 Å². The maximum absolute atomic E-state index is 13.3. The molecule has 4 nitrogen and oxygen atoms in total. The minimum atomic E-state index is -3.53. The number of aryl methyl sites for hydroxylation is 2. The summed E-state index contributed by atoms with van der Waals surface area (Å²) in [6, 6.07) is 2.56. The Hall–Kier alpha value is -0.980. The van der Waals surface area contributed by atoms with Crippen molar-refractivity contribution in [2.24, 2.45) is 0 Å². The van der Waals surface area contributed by atoms with Gasteiger partial charge in [0.1, 0.15) is 5.82 Å². The van der Waals surface area contributed by atoms with Crippen molar-refractivity contribution < 1.29 is 12.8 Å². The second kappa shape index (κ2) is 5.79. The second-order valence-electron chi connectivity index (χ2n) is 5.21. The van der Waals surface area contributed by atoms with E-state index in [1.165, 1.54) is 16.4 Å². The highest BCUT2D eigenvalue weighted by Gasteiger charge is 2.30. The molecule has 112 valence electrons. The molecule has 2 rings (SSSR count). The summed E-state index contributed by atoms with van der Waals surface area (Å²) in [6.07, 6.45) is 0. The molecule has 0 unspecified atom stereocenters. The van der Waals surface area contributed by atoms with Crippen LogP contribution in [0.25, 0.3) is 0 Å². The van der Waals surface area contributed by atoms with Crippen molar-refractivity contribution in [3.8, 4) is 0 Å². The number of hydrogen-bond acceptors (Lipinski definition) is 3. The number of sulfonamides is 1. The summed E-state index contributed by atoms with van der Waals surface area (Å²) in [6.45, 7) is 8.76. The highest BCUT2D eigenvalue weighted by atomic mass is 32.2. The lowest BCUT2D eigenvalue weighted by Crippen LogP contribution is -2.48. The van der Waals surface area contributed by atoms with Crippen LogP contribution in [0.4, 0.5) is 4.39 Å². The monoisotopic (exact) mass is 300 g/mol. The molecule has 0 saturated carbocycles. The maximum atomic E-state index is 13.3. The van der Waals surface area contributed by atoms with E-state index in [0.29, 0.717) is 24.2 Å².